The van der Waals surface area contributed by atoms with Crippen molar-refractivity contribution in [3.05, 3.63) is 71.8 Å². The molecule has 0 aliphatic heterocycles. The lowest BCUT2D eigenvalue weighted by atomic mass is 9.90. The van der Waals surface area contributed by atoms with E-state index in [1.54, 1.807) is 0 Å². The molecule has 2 atom stereocenters. The predicted molar refractivity (Wildman–Crippen MR) is 83.6 cm³/mol. The van der Waals surface area contributed by atoms with Gasteiger partial charge in [-0.2, -0.15) is 0 Å². The zero-order valence-corrected chi connectivity index (χ0v) is 12.0. The third-order valence-corrected chi connectivity index (χ3v) is 3.70. The van der Waals surface area contributed by atoms with E-state index in [1.807, 2.05) is 43.4 Å². The first-order valence-electron chi connectivity index (χ1n) is 7.23. The fourth-order valence-corrected chi connectivity index (χ4v) is 2.55. The van der Waals surface area contributed by atoms with E-state index in [9.17, 15) is 5.11 Å². The summed E-state index contributed by atoms with van der Waals surface area (Å²) in [5.74, 6) is 0.225. The van der Waals surface area contributed by atoms with E-state index in [0.29, 0.717) is 0 Å². The first-order chi connectivity index (χ1) is 9.81. The Bertz CT molecular complexity index is 483. The van der Waals surface area contributed by atoms with E-state index < -0.39 is 6.10 Å². The summed E-state index contributed by atoms with van der Waals surface area (Å²) in [5.41, 5.74) is 2.33. The highest BCUT2D eigenvalue weighted by Crippen LogP contribution is 2.25. The van der Waals surface area contributed by atoms with Crippen LogP contribution >= 0.6 is 0 Å². The summed E-state index contributed by atoms with van der Waals surface area (Å²) in [7, 11) is 1.94. The number of hydrogen-bond donors (Lipinski definition) is 2. The largest absolute Gasteiger partial charge is 0.388 e. The molecule has 0 radical (unpaired) electrons. The van der Waals surface area contributed by atoms with Crippen molar-refractivity contribution in [2.45, 2.75) is 18.9 Å². The van der Waals surface area contributed by atoms with Gasteiger partial charge in [-0.15, -0.1) is 0 Å². The van der Waals surface area contributed by atoms with Crippen LogP contribution in [-0.4, -0.2) is 18.7 Å². The minimum absolute atomic E-state index is 0.225. The van der Waals surface area contributed by atoms with Gasteiger partial charge in [-0.05, 0) is 31.0 Å². The van der Waals surface area contributed by atoms with Gasteiger partial charge in [0, 0.05) is 12.5 Å². The van der Waals surface area contributed by atoms with E-state index >= 15 is 0 Å². The van der Waals surface area contributed by atoms with Crippen molar-refractivity contribution in [3.63, 3.8) is 0 Å². The summed E-state index contributed by atoms with van der Waals surface area (Å²) in [4.78, 5) is 0. The van der Waals surface area contributed by atoms with Gasteiger partial charge in [0.2, 0.25) is 0 Å². The van der Waals surface area contributed by atoms with Gasteiger partial charge in [0.15, 0.2) is 0 Å². The highest BCUT2D eigenvalue weighted by Gasteiger charge is 2.19. The van der Waals surface area contributed by atoms with Crippen LogP contribution in [0, 0.1) is 5.92 Å². The number of nitrogens with one attached hydrogen (secondary N) is 1. The van der Waals surface area contributed by atoms with Crippen molar-refractivity contribution in [3.8, 4) is 0 Å². The fourth-order valence-electron chi connectivity index (χ4n) is 2.55. The molecule has 20 heavy (non-hydrogen) atoms. The van der Waals surface area contributed by atoms with Crippen LogP contribution in [0.5, 0.6) is 0 Å². The molecule has 2 aromatic rings. The molecule has 0 aliphatic rings. The molecule has 0 saturated carbocycles. The van der Waals surface area contributed by atoms with Crippen LogP contribution in [0.3, 0.4) is 0 Å². The van der Waals surface area contributed by atoms with E-state index in [-0.39, 0.29) is 5.92 Å². The third kappa shape index (κ3) is 4.19. The normalized spacial score (nSPS) is 13.9. The highest BCUT2D eigenvalue weighted by molar-refractivity contribution is 5.19. The molecule has 0 saturated heterocycles. The van der Waals surface area contributed by atoms with Crippen LogP contribution in [0.25, 0.3) is 0 Å². The SMILES string of the molecule is CNC[C@H](CCc1ccccc1)[C@@H](O)c1ccccc1. The average Bonchev–Trinajstić information content (AvgIpc) is 2.52. The van der Waals surface area contributed by atoms with Crippen LogP contribution in [0.15, 0.2) is 60.7 Å². The van der Waals surface area contributed by atoms with Crippen LogP contribution in [0.2, 0.25) is 0 Å². The molecule has 0 unspecified atom stereocenters. The smallest absolute Gasteiger partial charge is 0.0830 e. The van der Waals surface area contributed by atoms with Gasteiger partial charge in [0.25, 0.3) is 0 Å². The standard InChI is InChI=1S/C18H23NO/c1-19-14-17(13-12-15-8-4-2-5-9-15)18(20)16-10-6-3-7-11-16/h2-11,17-20H,12-14H2,1H3/t17-,18-/m0/s1. The first-order valence-corrected chi connectivity index (χ1v) is 7.23. The molecule has 2 N–H and O–H groups in total. The lowest BCUT2D eigenvalue weighted by Crippen LogP contribution is -2.25. The van der Waals surface area contributed by atoms with Crippen LogP contribution in [0.4, 0.5) is 0 Å². The monoisotopic (exact) mass is 269 g/mol. The predicted octanol–water partition coefficient (Wildman–Crippen LogP) is 3.19. The van der Waals surface area contributed by atoms with E-state index in [0.717, 1.165) is 24.9 Å². The molecule has 0 aliphatic carbocycles. The molecule has 2 rings (SSSR count). The molecule has 0 heterocycles. The topological polar surface area (TPSA) is 32.3 Å². The molecule has 0 bridgehead atoms. The number of aliphatic hydroxyl groups is 1. The lowest BCUT2D eigenvalue weighted by molar-refractivity contribution is 0.103. The molecular formula is C18H23NO. The van der Waals surface area contributed by atoms with Crippen molar-refractivity contribution in [2.24, 2.45) is 5.92 Å². The Morgan fingerprint density at radius 2 is 1.55 bits per heavy atom. The number of aliphatic hydroxyl groups excluding tert-OH is 1. The van der Waals surface area contributed by atoms with Crippen molar-refractivity contribution < 1.29 is 5.11 Å². The van der Waals surface area contributed by atoms with E-state index in [1.165, 1.54) is 5.56 Å². The second-order valence-corrected chi connectivity index (χ2v) is 5.20. The summed E-state index contributed by atoms with van der Waals surface area (Å²) >= 11 is 0. The number of aryl methyl sites for hydroxylation is 1. The van der Waals surface area contributed by atoms with E-state index in [4.69, 9.17) is 0 Å². The zero-order valence-electron chi connectivity index (χ0n) is 12.0. The van der Waals surface area contributed by atoms with Crippen molar-refractivity contribution in [2.75, 3.05) is 13.6 Å². The van der Waals surface area contributed by atoms with Crippen LogP contribution in [-0.2, 0) is 6.42 Å². The second kappa shape index (κ2) is 7.83. The van der Waals surface area contributed by atoms with Gasteiger partial charge in [0.1, 0.15) is 0 Å². The molecule has 0 spiro atoms. The Kier molecular flexibility index (Phi) is 5.78. The number of rotatable bonds is 7. The number of benzene rings is 2. The molecular weight excluding hydrogens is 246 g/mol. The maximum absolute atomic E-state index is 10.5. The molecule has 0 amide bonds. The molecule has 2 heteroatoms. The van der Waals surface area contributed by atoms with Gasteiger partial charge in [-0.1, -0.05) is 60.7 Å². The molecule has 2 nitrogen and oxygen atoms in total. The molecule has 2 aromatic carbocycles. The molecule has 106 valence electrons. The maximum Gasteiger partial charge on any atom is 0.0830 e. The lowest BCUT2D eigenvalue weighted by Gasteiger charge is -2.23. The van der Waals surface area contributed by atoms with Gasteiger partial charge < -0.3 is 10.4 Å². The van der Waals surface area contributed by atoms with Crippen molar-refractivity contribution >= 4 is 0 Å². The Balaban J connectivity index is 1.99. The van der Waals surface area contributed by atoms with Gasteiger partial charge >= 0.3 is 0 Å². The summed E-state index contributed by atoms with van der Waals surface area (Å²) in [6, 6.07) is 20.4. The number of hydrogen-bond acceptors (Lipinski definition) is 2. The molecule has 0 aromatic heterocycles. The van der Waals surface area contributed by atoms with Crippen LogP contribution in [0.1, 0.15) is 23.7 Å². The van der Waals surface area contributed by atoms with Crippen LogP contribution < -0.4 is 5.32 Å². The summed E-state index contributed by atoms with van der Waals surface area (Å²) in [5, 5.41) is 13.7. The third-order valence-electron chi connectivity index (χ3n) is 3.70. The van der Waals surface area contributed by atoms with Crippen molar-refractivity contribution in [1.29, 1.82) is 0 Å². The van der Waals surface area contributed by atoms with Crippen molar-refractivity contribution in [1.82, 2.24) is 5.32 Å². The summed E-state index contributed by atoms with van der Waals surface area (Å²) in [6.45, 7) is 0.822. The summed E-state index contributed by atoms with van der Waals surface area (Å²) < 4.78 is 0. The van der Waals surface area contributed by atoms with Gasteiger partial charge in [0.05, 0.1) is 6.10 Å². The van der Waals surface area contributed by atoms with Gasteiger partial charge in [-0.3, -0.25) is 0 Å². The fraction of sp³-hybridized carbons (Fsp3) is 0.333. The van der Waals surface area contributed by atoms with E-state index in [2.05, 4.69) is 29.6 Å². The first kappa shape index (κ1) is 14.8. The highest BCUT2D eigenvalue weighted by atomic mass is 16.3. The second-order valence-electron chi connectivity index (χ2n) is 5.20. The maximum atomic E-state index is 10.5. The zero-order chi connectivity index (χ0) is 14.2. The average molecular weight is 269 g/mol. The molecule has 0 fully saturated rings. The minimum atomic E-state index is -0.410. The quantitative estimate of drug-likeness (QED) is 0.809. The Hall–Kier alpha value is -1.64. The summed E-state index contributed by atoms with van der Waals surface area (Å²) in [6.07, 6.45) is 1.56. The Morgan fingerprint density at radius 3 is 2.15 bits per heavy atom. The Labute approximate surface area is 121 Å². The minimum Gasteiger partial charge on any atom is -0.388 e. The van der Waals surface area contributed by atoms with Gasteiger partial charge in [-0.25, -0.2) is 0 Å². The Morgan fingerprint density at radius 1 is 0.950 bits per heavy atom.